The van der Waals surface area contributed by atoms with Gasteiger partial charge in [-0.05, 0) is 42.6 Å². The third-order valence-corrected chi connectivity index (χ3v) is 4.74. The molecule has 0 radical (unpaired) electrons. The molecule has 76 valence electrons. The van der Waals surface area contributed by atoms with Crippen molar-refractivity contribution >= 4 is 26.1 Å². The number of aryl methyl sites for hydroxylation is 1. The SMILES string of the molecule is CC(=C(C)C([SiH3])[SiH3])c1ccccc1C. The summed E-state index contributed by atoms with van der Waals surface area (Å²) in [5.41, 5.74) is 5.94. The van der Waals surface area contributed by atoms with Crippen molar-refractivity contribution in [1.29, 1.82) is 0 Å². The Bertz CT molecular complexity index is 351. The van der Waals surface area contributed by atoms with Crippen molar-refractivity contribution in [3.05, 3.63) is 41.0 Å². The van der Waals surface area contributed by atoms with Gasteiger partial charge in [0, 0.05) is 20.5 Å². The highest BCUT2D eigenvalue weighted by atomic mass is 28.2. The van der Waals surface area contributed by atoms with Crippen LogP contribution in [0.25, 0.3) is 5.57 Å². The predicted octanol–water partition coefficient (Wildman–Crippen LogP) is 1.27. The van der Waals surface area contributed by atoms with E-state index in [1.54, 1.807) is 5.57 Å². The van der Waals surface area contributed by atoms with Gasteiger partial charge in [-0.1, -0.05) is 29.8 Å². The van der Waals surface area contributed by atoms with E-state index in [1.165, 1.54) is 37.2 Å². The second-order valence-corrected chi connectivity index (χ2v) is 10.1. The van der Waals surface area contributed by atoms with E-state index in [1.807, 2.05) is 0 Å². The van der Waals surface area contributed by atoms with E-state index in [0.29, 0.717) is 0 Å². The van der Waals surface area contributed by atoms with Crippen LogP contribution >= 0.6 is 0 Å². The second kappa shape index (κ2) is 4.76. The molecule has 0 spiro atoms. The van der Waals surface area contributed by atoms with Gasteiger partial charge in [0.05, 0.1) is 0 Å². The zero-order valence-electron chi connectivity index (χ0n) is 9.89. The first-order valence-corrected chi connectivity index (χ1v) is 7.58. The Kier molecular flexibility index (Phi) is 3.90. The van der Waals surface area contributed by atoms with Crippen molar-refractivity contribution in [2.45, 2.75) is 25.9 Å². The summed E-state index contributed by atoms with van der Waals surface area (Å²) < 4.78 is 0. The fraction of sp³-hybridized carbons (Fsp3) is 0.333. The van der Waals surface area contributed by atoms with Crippen LogP contribution in [0.15, 0.2) is 29.8 Å². The van der Waals surface area contributed by atoms with Gasteiger partial charge < -0.3 is 0 Å². The summed E-state index contributed by atoms with van der Waals surface area (Å²) in [6.45, 7) is 6.76. The summed E-state index contributed by atoms with van der Waals surface area (Å²) in [4.78, 5) is 0. The molecule has 0 aliphatic carbocycles. The number of allylic oxidation sites excluding steroid dienone is 2. The van der Waals surface area contributed by atoms with E-state index in [-0.39, 0.29) is 0 Å². The van der Waals surface area contributed by atoms with Crippen molar-refractivity contribution in [2.24, 2.45) is 0 Å². The lowest BCUT2D eigenvalue weighted by Crippen LogP contribution is -1.97. The zero-order chi connectivity index (χ0) is 10.7. The average molecular weight is 220 g/mol. The van der Waals surface area contributed by atoms with E-state index in [2.05, 4.69) is 45.0 Å². The molecule has 0 saturated heterocycles. The Morgan fingerprint density at radius 2 is 1.71 bits per heavy atom. The molecule has 0 aliphatic heterocycles. The van der Waals surface area contributed by atoms with Gasteiger partial charge in [0.25, 0.3) is 0 Å². The third kappa shape index (κ3) is 2.45. The highest BCUT2D eigenvalue weighted by Gasteiger charge is 2.05. The van der Waals surface area contributed by atoms with Crippen LogP contribution in [0.3, 0.4) is 0 Å². The van der Waals surface area contributed by atoms with Crippen LogP contribution < -0.4 is 0 Å². The average Bonchev–Trinajstić information content (AvgIpc) is 2.16. The van der Waals surface area contributed by atoms with Gasteiger partial charge in [-0.3, -0.25) is 0 Å². The molecular formula is C12H20Si2. The molecule has 0 atom stereocenters. The third-order valence-electron chi connectivity index (χ3n) is 3.01. The van der Waals surface area contributed by atoms with Gasteiger partial charge in [-0.2, -0.15) is 0 Å². The molecule has 0 nitrogen and oxygen atoms in total. The minimum Gasteiger partial charge on any atom is -0.0737 e. The summed E-state index contributed by atoms with van der Waals surface area (Å²) in [5, 5.41) is 0.912. The standard InChI is InChI=1S/C12H20Si2/c1-8-6-4-5-7-11(8)9(2)10(3)12(13)14/h4-7,12H,1-3,13-14H3. The summed E-state index contributed by atoms with van der Waals surface area (Å²) in [6, 6.07) is 8.68. The molecule has 1 rings (SSSR count). The quantitative estimate of drug-likeness (QED) is 0.659. The van der Waals surface area contributed by atoms with Crippen LogP contribution in [0.2, 0.25) is 5.16 Å². The highest BCUT2D eigenvalue weighted by Crippen LogP contribution is 2.25. The van der Waals surface area contributed by atoms with Gasteiger partial charge in [-0.15, -0.1) is 0 Å². The number of rotatable bonds is 2. The Labute approximate surface area is 93.3 Å². The van der Waals surface area contributed by atoms with Gasteiger partial charge in [0.1, 0.15) is 0 Å². The minimum absolute atomic E-state index is 0.912. The summed E-state index contributed by atoms with van der Waals surface area (Å²) in [7, 11) is 2.61. The van der Waals surface area contributed by atoms with Gasteiger partial charge in [0.2, 0.25) is 0 Å². The molecule has 0 saturated carbocycles. The molecule has 0 unspecified atom stereocenters. The summed E-state index contributed by atoms with van der Waals surface area (Å²) in [5.74, 6) is 0. The molecule has 1 aromatic rings. The van der Waals surface area contributed by atoms with Crippen LogP contribution in [0.1, 0.15) is 25.0 Å². The first-order valence-electron chi connectivity index (χ1n) is 5.27. The molecule has 0 aliphatic rings. The van der Waals surface area contributed by atoms with Crippen molar-refractivity contribution in [2.75, 3.05) is 0 Å². The van der Waals surface area contributed by atoms with E-state index >= 15 is 0 Å². The fourth-order valence-electron chi connectivity index (χ4n) is 1.64. The molecule has 0 N–H and O–H groups in total. The Morgan fingerprint density at radius 1 is 1.14 bits per heavy atom. The predicted molar refractivity (Wildman–Crippen MR) is 73.1 cm³/mol. The fourth-order valence-corrected chi connectivity index (χ4v) is 2.51. The Balaban J connectivity index is 3.18. The molecule has 0 fully saturated rings. The van der Waals surface area contributed by atoms with Gasteiger partial charge >= 0.3 is 0 Å². The molecule has 14 heavy (non-hydrogen) atoms. The van der Waals surface area contributed by atoms with E-state index in [9.17, 15) is 0 Å². The van der Waals surface area contributed by atoms with E-state index in [4.69, 9.17) is 0 Å². The molecule has 0 heterocycles. The minimum atomic E-state index is 0.912. The normalized spacial score (nSPS) is 15.4. The maximum absolute atomic E-state index is 2.30. The number of hydrogen-bond acceptors (Lipinski definition) is 0. The second-order valence-electron chi connectivity index (χ2n) is 4.28. The van der Waals surface area contributed by atoms with Crippen LogP contribution in [-0.2, 0) is 0 Å². The van der Waals surface area contributed by atoms with Crippen molar-refractivity contribution in [3.63, 3.8) is 0 Å². The van der Waals surface area contributed by atoms with Crippen molar-refractivity contribution in [1.82, 2.24) is 0 Å². The molecule has 2 heteroatoms. The van der Waals surface area contributed by atoms with Crippen LogP contribution in [0.5, 0.6) is 0 Å². The first kappa shape index (κ1) is 11.5. The molecule has 1 aromatic carbocycles. The number of hydrogen-bond donors (Lipinski definition) is 0. The Morgan fingerprint density at radius 3 is 2.21 bits per heavy atom. The monoisotopic (exact) mass is 220 g/mol. The Hall–Kier alpha value is -0.606. The zero-order valence-corrected chi connectivity index (χ0v) is 13.9. The lowest BCUT2D eigenvalue weighted by atomic mass is 9.99. The van der Waals surface area contributed by atoms with E-state index in [0.717, 1.165) is 5.16 Å². The topological polar surface area (TPSA) is 0 Å². The van der Waals surface area contributed by atoms with E-state index < -0.39 is 0 Å². The van der Waals surface area contributed by atoms with Gasteiger partial charge in [0.15, 0.2) is 0 Å². The maximum atomic E-state index is 2.30. The lowest BCUT2D eigenvalue weighted by Gasteiger charge is -2.13. The van der Waals surface area contributed by atoms with Crippen LogP contribution in [0.4, 0.5) is 0 Å². The molecule has 0 amide bonds. The smallest absolute Gasteiger partial charge is 0.00740 e. The van der Waals surface area contributed by atoms with Crippen molar-refractivity contribution < 1.29 is 0 Å². The van der Waals surface area contributed by atoms with Gasteiger partial charge in [-0.25, -0.2) is 0 Å². The van der Waals surface area contributed by atoms with Crippen LogP contribution in [0, 0.1) is 6.92 Å². The maximum Gasteiger partial charge on any atom is 0.00740 e. The molecule has 0 bridgehead atoms. The lowest BCUT2D eigenvalue weighted by molar-refractivity contribution is 1.28. The molecule has 0 aromatic heterocycles. The first-order chi connectivity index (χ1) is 6.54. The summed E-state index contributed by atoms with van der Waals surface area (Å²) >= 11 is 0. The highest BCUT2D eigenvalue weighted by molar-refractivity contribution is 6.37. The van der Waals surface area contributed by atoms with Crippen LogP contribution in [-0.4, -0.2) is 20.5 Å². The molecular weight excluding hydrogens is 200 g/mol. The van der Waals surface area contributed by atoms with Crippen molar-refractivity contribution in [3.8, 4) is 0 Å². The largest absolute Gasteiger partial charge is 0.0737 e. The number of benzene rings is 1. The summed E-state index contributed by atoms with van der Waals surface area (Å²) in [6.07, 6.45) is 0.